The number of carboxylic acid groups (broad SMARTS) is 1. The number of anilines is 2. The van der Waals surface area contributed by atoms with Crippen LogP contribution in [0, 0.1) is 0 Å². The molecule has 0 aliphatic heterocycles. The number of halogens is 2. The van der Waals surface area contributed by atoms with E-state index in [9.17, 15) is 9.90 Å². The number of hydrogen-bond acceptors (Lipinski definition) is 3. The molecule has 0 radical (unpaired) electrons. The molecule has 24 heavy (non-hydrogen) atoms. The second-order valence-electron chi connectivity index (χ2n) is 5.11. The Bertz CT molecular complexity index is 895. The van der Waals surface area contributed by atoms with Gasteiger partial charge in [-0.3, -0.25) is 0 Å². The Labute approximate surface area is 149 Å². The zero-order chi connectivity index (χ0) is 17.1. The smallest absolute Gasteiger partial charge is 0.0769 e. The Hall–Kier alpha value is -2.49. The lowest BCUT2D eigenvalue weighted by Gasteiger charge is -2.17. The quantitative estimate of drug-likeness (QED) is 0.732. The average molecular weight is 357 g/mol. The maximum atomic E-state index is 11.3. The van der Waals surface area contributed by atoms with Crippen molar-refractivity contribution in [1.29, 1.82) is 0 Å². The highest BCUT2D eigenvalue weighted by molar-refractivity contribution is 6.41. The molecule has 0 bridgehead atoms. The van der Waals surface area contributed by atoms with Gasteiger partial charge < -0.3 is 15.2 Å². The summed E-state index contributed by atoms with van der Waals surface area (Å²) in [7, 11) is 0. The molecule has 1 N–H and O–H groups in total. The molecule has 0 fully saturated rings. The van der Waals surface area contributed by atoms with Crippen LogP contribution in [0.25, 0.3) is 11.1 Å². The van der Waals surface area contributed by atoms with Crippen molar-refractivity contribution < 1.29 is 9.90 Å². The molecule has 0 aromatic heterocycles. The molecular formula is C19H12Cl2NO2-. The van der Waals surface area contributed by atoms with E-state index in [0.717, 1.165) is 11.1 Å². The second-order valence-corrected chi connectivity index (χ2v) is 5.89. The van der Waals surface area contributed by atoms with E-state index in [1.807, 2.05) is 36.4 Å². The fraction of sp³-hybridized carbons (Fsp3) is 0. The van der Waals surface area contributed by atoms with Crippen LogP contribution in [0.2, 0.25) is 10.0 Å². The third-order valence-corrected chi connectivity index (χ3v) is 4.29. The van der Waals surface area contributed by atoms with Crippen LogP contribution in [0.3, 0.4) is 0 Å². The molecule has 0 amide bonds. The van der Waals surface area contributed by atoms with Gasteiger partial charge in [0.15, 0.2) is 0 Å². The first-order chi connectivity index (χ1) is 11.6. The van der Waals surface area contributed by atoms with Gasteiger partial charge in [-0.05, 0) is 17.7 Å². The van der Waals surface area contributed by atoms with Crippen LogP contribution in [-0.2, 0) is 0 Å². The van der Waals surface area contributed by atoms with Crippen molar-refractivity contribution in [2.45, 2.75) is 0 Å². The molecule has 0 atom stereocenters. The van der Waals surface area contributed by atoms with Gasteiger partial charge in [-0.15, -0.1) is 0 Å². The van der Waals surface area contributed by atoms with Crippen LogP contribution in [0.4, 0.5) is 11.4 Å². The average Bonchev–Trinajstić information content (AvgIpc) is 2.59. The predicted molar refractivity (Wildman–Crippen MR) is 96.0 cm³/mol. The van der Waals surface area contributed by atoms with Crippen molar-refractivity contribution in [2.24, 2.45) is 0 Å². The summed E-state index contributed by atoms with van der Waals surface area (Å²) in [5, 5.41) is 15.1. The van der Waals surface area contributed by atoms with Gasteiger partial charge in [-0.2, -0.15) is 0 Å². The standard InChI is InChI=1S/C19H13Cl2NO2/c20-15-11-10-13(12-6-2-1-3-7-12)17(21)18(15)22-16-9-5-4-8-14(16)19(23)24/h1-11,22H,(H,23,24)/p-1. The third kappa shape index (κ3) is 3.23. The molecule has 0 saturated heterocycles. The number of nitrogens with one attached hydrogen (secondary N) is 1. The summed E-state index contributed by atoms with van der Waals surface area (Å²) < 4.78 is 0. The van der Waals surface area contributed by atoms with Crippen molar-refractivity contribution in [3.63, 3.8) is 0 Å². The van der Waals surface area contributed by atoms with Gasteiger partial charge in [0.05, 0.1) is 21.7 Å². The molecule has 120 valence electrons. The molecule has 0 unspecified atom stereocenters. The number of carbonyl (C=O) groups excluding carboxylic acids is 1. The molecule has 3 aromatic carbocycles. The van der Waals surface area contributed by atoms with E-state index in [4.69, 9.17) is 23.2 Å². The van der Waals surface area contributed by atoms with E-state index in [2.05, 4.69) is 5.32 Å². The summed E-state index contributed by atoms with van der Waals surface area (Å²) >= 11 is 12.8. The lowest BCUT2D eigenvalue weighted by Crippen LogP contribution is -2.23. The van der Waals surface area contributed by atoms with Crippen molar-refractivity contribution in [1.82, 2.24) is 0 Å². The summed E-state index contributed by atoms with van der Waals surface area (Å²) in [6, 6.07) is 19.6. The number of hydrogen-bond donors (Lipinski definition) is 1. The van der Waals surface area contributed by atoms with Crippen LogP contribution in [-0.4, -0.2) is 5.97 Å². The van der Waals surface area contributed by atoms with Gasteiger partial charge in [0.2, 0.25) is 0 Å². The van der Waals surface area contributed by atoms with Crippen LogP contribution >= 0.6 is 23.2 Å². The zero-order valence-corrected chi connectivity index (χ0v) is 13.9. The Morgan fingerprint density at radius 2 is 1.54 bits per heavy atom. The molecule has 3 nitrogen and oxygen atoms in total. The molecule has 0 aliphatic rings. The fourth-order valence-corrected chi connectivity index (χ4v) is 2.99. The van der Waals surface area contributed by atoms with Crippen LogP contribution < -0.4 is 10.4 Å². The normalized spacial score (nSPS) is 10.4. The van der Waals surface area contributed by atoms with Crippen molar-refractivity contribution in [3.05, 3.63) is 82.3 Å². The van der Waals surface area contributed by atoms with Crippen LogP contribution in [0.1, 0.15) is 10.4 Å². The van der Waals surface area contributed by atoms with Gasteiger partial charge in [-0.25, -0.2) is 0 Å². The highest BCUT2D eigenvalue weighted by Crippen LogP contribution is 2.40. The van der Waals surface area contributed by atoms with Gasteiger partial charge >= 0.3 is 0 Å². The number of para-hydroxylation sites is 1. The van der Waals surface area contributed by atoms with Crippen molar-refractivity contribution in [2.75, 3.05) is 5.32 Å². The van der Waals surface area contributed by atoms with E-state index in [1.165, 1.54) is 6.07 Å². The molecular weight excluding hydrogens is 345 g/mol. The number of benzene rings is 3. The molecule has 5 heteroatoms. The Balaban J connectivity index is 2.08. The number of carboxylic acids is 1. The second kappa shape index (κ2) is 6.95. The first-order valence-corrected chi connectivity index (χ1v) is 7.94. The largest absolute Gasteiger partial charge is 0.545 e. The zero-order valence-electron chi connectivity index (χ0n) is 12.4. The summed E-state index contributed by atoms with van der Waals surface area (Å²) in [6.45, 7) is 0. The topological polar surface area (TPSA) is 52.2 Å². The summed E-state index contributed by atoms with van der Waals surface area (Å²) in [5.41, 5.74) is 2.60. The summed E-state index contributed by atoms with van der Waals surface area (Å²) in [5.74, 6) is -1.27. The monoisotopic (exact) mass is 356 g/mol. The minimum Gasteiger partial charge on any atom is -0.545 e. The minimum atomic E-state index is -1.27. The molecule has 0 heterocycles. The molecule has 3 aromatic rings. The van der Waals surface area contributed by atoms with Crippen molar-refractivity contribution in [3.8, 4) is 11.1 Å². The molecule has 3 rings (SSSR count). The lowest BCUT2D eigenvalue weighted by molar-refractivity contribution is -0.254. The molecule has 0 spiro atoms. The van der Waals surface area contributed by atoms with Gasteiger partial charge in [-0.1, -0.05) is 77.8 Å². The maximum absolute atomic E-state index is 11.3. The highest BCUT2D eigenvalue weighted by Gasteiger charge is 2.14. The number of rotatable bonds is 4. The summed E-state index contributed by atoms with van der Waals surface area (Å²) in [4.78, 5) is 11.3. The maximum Gasteiger partial charge on any atom is 0.0769 e. The Kier molecular flexibility index (Phi) is 4.74. The van der Waals surface area contributed by atoms with E-state index in [1.54, 1.807) is 24.3 Å². The summed E-state index contributed by atoms with van der Waals surface area (Å²) in [6.07, 6.45) is 0. The van der Waals surface area contributed by atoms with Gasteiger partial charge in [0.25, 0.3) is 0 Å². The Morgan fingerprint density at radius 1 is 0.875 bits per heavy atom. The number of aromatic carboxylic acids is 1. The highest BCUT2D eigenvalue weighted by atomic mass is 35.5. The number of carbonyl (C=O) groups is 1. The minimum absolute atomic E-state index is 0.0368. The van der Waals surface area contributed by atoms with Crippen LogP contribution in [0.15, 0.2) is 66.7 Å². The van der Waals surface area contributed by atoms with E-state index >= 15 is 0 Å². The van der Waals surface area contributed by atoms with Gasteiger partial charge in [0, 0.05) is 16.8 Å². The fourth-order valence-electron chi connectivity index (χ4n) is 2.41. The Morgan fingerprint density at radius 3 is 2.25 bits per heavy atom. The van der Waals surface area contributed by atoms with E-state index in [0.29, 0.717) is 21.4 Å². The molecule has 0 saturated carbocycles. The first-order valence-electron chi connectivity index (χ1n) is 7.18. The van der Waals surface area contributed by atoms with Crippen molar-refractivity contribution >= 4 is 40.5 Å². The third-order valence-electron chi connectivity index (χ3n) is 3.58. The first kappa shape index (κ1) is 16.4. The predicted octanol–water partition coefficient (Wildman–Crippen LogP) is 4.77. The SMILES string of the molecule is O=C([O-])c1ccccc1Nc1c(Cl)ccc(-c2ccccc2)c1Cl. The van der Waals surface area contributed by atoms with E-state index < -0.39 is 5.97 Å². The van der Waals surface area contributed by atoms with Gasteiger partial charge in [0.1, 0.15) is 0 Å². The van der Waals surface area contributed by atoms with E-state index in [-0.39, 0.29) is 5.56 Å². The van der Waals surface area contributed by atoms with Crippen LogP contribution in [0.5, 0.6) is 0 Å². The lowest BCUT2D eigenvalue weighted by atomic mass is 10.0. The molecule has 0 aliphatic carbocycles.